The smallest absolute Gasteiger partial charge is 0.374 e. The number of pyridine rings is 1. The van der Waals surface area contributed by atoms with Crippen LogP contribution >= 0.6 is 0 Å². The molecule has 0 radical (unpaired) electrons. The summed E-state index contributed by atoms with van der Waals surface area (Å²) in [5.41, 5.74) is 4.26. The van der Waals surface area contributed by atoms with Crippen LogP contribution in [0.1, 0.15) is 10.5 Å². The van der Waals surface area contributed by atoms with Gasteiger partial charge in [-0.15, -0.1) is 0 Å². The molecule has 3 aromatic rings. The van der Waals surface area contributed by atoms with E-state index in [4.69, 9.17) is 9.47 Å². The number of methoxy groups -OCH3 is 1. The first kappa shape index (κ1) is 18.5. The zero-order chi connectivity index (χ0) is 19.9. The molecule has 0 aliphatic heterocycles. The number of rotatable bonds is 7. The number of carbonyl (C=O) groups is 1. The summed E-state index contributed by atoms with van der Waals surface area (Å²) < 4.78 is 10.7. The molecular weight excluding hydrogens is 368 g/mol. The van der Waals surface area contributed by atoms with Crippen molar-refractivity contribution < 1.29 is 19.2 Å². The molecule has 1 aromatic carbocycles. The first-order valence-corrected chi connectivity index (χ1v) is 7.87. The van der Waals surface area contributed by atoms with E-state index in [-0.39, 0.29) is 23.1 Å². The third-order valence-corrected chi connectivity index (χ3v) is 3.44. The Hall–Kier alpha value is -4.28. The van der Waals surface area contributed by atoms with Gasteiger partial charge in [0.25, 0.3) is 5.91 Å². The lowest BCUT2D eigenvalue weighted by atomic mass is 10.3. The van der Waals surface area contributed by atoms with Crippen LogP contribution in [0.5, 0.6) is 17.4 Å². The summed E-state index contributed by atoms with van der Waals surface area (Å²) in [7, 11) is 1.44. The van der Waals surface area contributed by atoms with Crippen molar-refractivity contribution in [1.82, 2.24) is 20.4 Å². The van der Waals surface area contributed by atoms with E-state index in [0.29, 0.717) is 5.75 Å². The average Bonchev–Trinajstić information content (AvgIpc) is 2.73. The van der Waals surface area contributed by atoms with E-state index >= 15 is 0 Å². The van der Waals surface area contributed by atoms with Gasteiger partial charge >= 0.3 is 11.6 Å². The van der Waals surface area contributed by atoms with E-state index in [9.17, 15) is 14.9 Å². The van der Waals surface area contributed by atoms with Crippen LogP contribution in [-0.2, 0) is 0 Å². The minimum atomic E-state index is -0.722. The number of benzene rings is 1. The topological polar surface area (TPSA) is 141 Å². The van der Waals surface area contributed by atoms with E-state index < -0.39 is 16.5 Å². The molecule has 0 saturated carbocycles. The van der Waals surface area contributed by atoms with Gasteiger partial charge in [-0.05, 0) is 24.3 Å². The maximum atomic E-state index is 12.1. The number of nitro groups is 1. The zero-order valence-electron chi connectivity index (χ0n) is 14.5. The molecule has 0 saturated heterocycles. The van der Waals surface area contributed by atoms with Crippen LogP contribution in [0.15, 0.2) is 55.0 Å². The molecule has 28 heavy (non-hydrogen) atoms. The fourth-order valence-electron chi connectivity index (χ4n) is 2.18. The second-order valence-electron chi connectivity index (χ2n) is 5.18. The number of ether oxygens (including phenoxy) is 2. The third-order valence-electron chi connectivity index (χ3n) is 3.44. The number of hydrazine groups is 1. The molecule has 0 bridgehead atoms. The minimum Gasteiger partial charge on any atom is -0.493 e. The van der Waals surface area contributed by atoms with Gasteiger partial charge in [-0.25, -0.2) is 4.98 Å². The van der Waals surface area contributed by atoms with Crippen molar-refractivity contribution in [3.63, 3.8) is 0 Å². The molecule has 11 heteroatoms. The van der Waals surface area contributed by atoms with Crippen molar-refractivity contribution in [3.05, 3.63) is 70.8 Å². The number of nitrogens with zero attached hydrogens (tertiary/aromatic N) is 4. The van der Waals surface area contributed by atoms with Crippen LogP contribution in [0.25, 0.3) is 0 Å². The molecule has 11 nitrogen and oxygen atoms in total. The van der Waals surface area contributed by atoms with Crippen molar-refractivity contribution in [3.8, 4) is 17.4 Å². The molecule has 2 heterocycles. The highest BCUT2D eigenvalue weighted by atomic mass is 16.6. The molecule has 142 valence electrons. The van der Waals surface area contributed by atoms with Crippen LogP contribution in [0.3, 0.4) is 0 Å². The molecule has 0 aliphatic carbocycles. The van der Waals surface area contributed by atoms with Gasteiger partial charge in [0, 0.05) is 6.20 Å². The Bertz CT molecular complexity index is 998. The van der Waals surface area contributed by atoms with Gasteiger partial charge in [0.15, 0.2) is 11.5 Å². The minimum absolute atomic E-state index is 0.122. The van der Waals surface area contributed by atoms with Crippen LogP contribution < -0.4 is 20.3 Å². The number of para-hydroxylation sites is 2. The maximum Gasteiger partial charge on any atom is 0.374 e. The quantitative estimate of drug-likeness (QED) is 0.465. The molecule has 0 fully saturated rings. The number of nitrogens with one attached hydrogen (secondary N) is 2. The summed E-state index contributed by atoms with van der Waals surface area (Å²) in [6.07, 6.45) is 2.51. The summed E-state index contributed by atoms with van der Waals surface area (Å²) in [6, 6.07) is 11.4. The van der Waals surface area contributed by atoms with Gasteiger partial charge < -0.3 is 9.47 Å². The molecule has 1 amide bonds. The Morgan fingerprint density at radius 2 is 1.82 bits per heavy atom. The molecule has 2 N–H and O–H groups in total. The van der Waals surface area contributed by atoms with Crippen LogP contribution in [0.2, 0.25) is 0 Å². The number of hydrogen-bond acceptors (Lipinski definition) is 9. The highest BCUT2D eigenvalue weighted by molar-refractivity contribution is 5.93. The summed E-state index contributed by atoms with van der Waals surface area (Å²) in [5.74, 6) is -0.572. The molecule has 0 spiro atoms. The highest BCUT2D eigenvalue weighted by Crippen LogP contribution is 2.37. The zero-order valence-corrected chi connectivity index (χ0v) is 14.5. The monoisotopic (exact) mass is 382 g/mol. The largest absolute Gasteiger partial charge is 0.493 e. The van der Waals surface area contributed by atoms with E-state index in [0.717, 1.165) is 6.33 Å². The number of hydrogen-bond donors (Lipinski definition) is 2. The molecule has 2 aromatic heterocycles. The van der Waals surface area contributed by atoms with Crippen LogP contribution in [-0.4, -0.2) is 32.9 Å². The van der Waals surface area contributed by atoms with Crippen molar-refractivity contribution in [2.45, 2.75) is 0 Å². The predicted octanol–water partition coefficient (Wildman–Crippen LogP) is 2.34. The lowest BCUT2D eigenvalue weighted by Gasteiger charge is -2.11. The predicted molar refractivity (Wildman–Crippen MR) is 97.1 cm³/mol. The Labute approximate surface area is 158 Å². The van der Waals surface area contributed by atoms with Gasteiger partial charge in [0.1, 0.15) is 12.0 Å². The van der Waals surface area contributed by atoms with Crippen molar-refractivity contribution in [2.75, 3.05) is 12.5 Å². The number of amides is 1. The average molecular weight is 382 g/mol. The fourth-order valence-corrected chi connectivity index (χ4v) is 2.18. The Kier molecular flexibility index (Phi) is 5.55. The highest BCUT2D eigenvalue weighted by Gasteiger charge is 2.26. The second kappa shape index (κ2) is 8.40. The normalized spacial score (nSPS) is 10.0. The number of anilines is 1. The lowest BCUT2D eigenvalue weighted by Crippen LogP contribution is -2.30. The Balaban J connectivity index is 1.85. The maximum absolute atomic E-state index is 12.1. The molecule has 0 unspecified atom stereocenters. The Morgan fingerprint density at radius 3 is 2.50 bits per heavy atom. The third kappa shape index (κ3) is 4.09. The van der Waals surface area contributed by atoms with Crippen molar-refractivity contribution >= 4 is 17.4 Å². The first-order valence-electron chi connectivity index (χ1n) is 7.87. The van der Waals surface area contributed by atoms with Gasteiger partial charge in [0.2, 0.25) is 5.82 Å². The Morgan fingerprint density at radius 1 is 1.07 bits per heavy atom. The molecule has 3 rings (SSSR count). The van der Waals surface area contributed by atoms with E-state index in [1.807, 2.05) is 0 Å². The second-order valence-corrected chi connectivity index (χ2v) is 5.18. The summed E-state index contributed by atoms with van der Waals surface area (Å²) >= 11 is 0. The number of carbonyl (C=O) groups excluding carboxylic acids is 1. The van der Waals surface area contributed by atoms with Gasteiger partial charge in [-0.3, -0.25) is 30.7 Å². The summed E-state index contributed by atoms with van der Waals surface area (Å²) in [5, 5.41) is 11.6. The van der Waals surface area contributed by atoms with Crippen molar-refractivity contribution in [2.24, 2.45) is 0 Å². The molecule has 0 aliphatic rings. The van der Waals surface area contributed by atoms with Crippen LogP contribution in [0.4, 0.5) is 11.5 Å². The standard InChI is InChI=1S/C17H14N6O5/c1-27-12-7-2-3-8-13(12)28-17-14(23(25)26)15(19-10-20-17)21-22-16(24)11-6-4-5-9-18-11/h2-10H,1H3,(H,22,24)(H,19,20,21). The van der Waals surface area contributed by atoms with E-state index in [2.05, 4.69) is 25.8 Å². The van der Waals surface area contributed by atoms with Gasteiger partial charge in [0.05, 0.1) is 12.0 Å². The van der Waals surface area contributed by atoms with E-state index in [1.54, 1.807) is 36.4 Å². The first-order chi connectivity index (χ1) is 13.6. The number of aromatic nitrogens is 3. The van der Waals surface area contributed by atoms with Crippen LogP contribution in [0, 0.1) is 10.1 Å². The van der Waals surface area contributed by atoms with E-state index in [1.165, 1.54) is 19.4 Å². The molecule has 0 atom stereocenters. The van der Waals surface area contributed by atoms with Gasteiger partial charge in [-0.2, -0.15) is 4.98 Å². The lowest BCUT2D eigenvalue weighted by molar-refractivity contribution is -0.385. The molecular formula is C17H14N6O5. The van der Waals surface area contributed by atoms with Gasteiger partial charge in [-0.1, -0.05) is 18.2 Å². The van der Waals surface area contributed by atoms with Crippen molar-refractivity contribution in [1.29, 1.82) is 0 Å². The SMILES string of the molecule is COc1ccccc1Oc1ncnc(NNC(=O)c2ccccn2)c1[N+](=O)[O-]. The fraction of sp³-hybridized carbons (Fsp3) is 0.0588. The summed E-state index contributed by atoms with van der Waals surface area (Å²) in [6.45, 7) is 0. The summed E-state index contributed by atoms with van der Waals surface area (Å²) in [4.78, 5) is 34.4.